The van der Waals surface area contributed by atoms with Crippen molar-refractivity contribution in [2.75, 3.05) is 14.2 Å². The van der Waals surface area contributed by atoms with Gasteiger partial charge in [-0.15, -0.1) is 0 Å². The van der Waals surface area contributed by atoms with Crippen molar-refractivity contribution >= 4 is 45.9 Å². The number of hydrogen-bond donors (Lipinski definition) is 2. The Labute approximate surface area is 224 Å². The maximum atomic E-state index is 12.9. The second-order valence-electron chi connectivity index (χ2n) is 7.97. The Kier molecular flexibility index (Phi) is 7.82. The quantitative estimate of drug-likeness (QED) is 0.214. The highest BCUT2D eigenvalue weighted by molar-refractivity contribution is 9.10. The number of urea groups is 1. The van der Waals surface area contributed by atoms with Crippen molar-refractivity contribution in [3.05, 3.63) is 86.9 Å². The molecular weight excluding hydrogens is 564 g/mol. The van der Waals surface area contributed by atoms with Gasteiger partial charge in [-0.2, -0.15) is 0 Å². The van der Waals surface area contributed by atoms with Gasteiger partial charge in [0.1, 0.15) is 18.1 Å². The molecule has 12 heteroatoms. The molecule has 0 saturated carbocycles. The fraction of sp³-hybridized carbons (Fsp3) is 0.154. The number of nitrogens with one attached hydrogen (secondary N) is 1. The second kappa shape index (κ2) is 11.2. The Balaban J connectivity index is 1.50. The molecule has 196 valence electrons. The molecule has 1 aliphatic heterocycles. The van der Waals surface area contributed by atoms with Crippen LogP contribution in [-0.2, 0) is 22.7 Å². The van der Waals surface area contributed by atoms with Crippen LogP contribution in [0.5, 0.6) is 11.5 Å². The first-order valence-electron chi connectivity index (χ1n) is 11.0. The summed E-state index contributed by atoms with van der Waals surface area (Å²) in [6.45, 7) is -0.0909. The lowest BCUT2D eigenvalue weighted by molar-refractivity contribution is -0.123. The maximum absolute atomic E-state index is 12.9. The summed E-state index contributed by atoms with van der Waals surface area (Å²) >= 11 is 3.44. The van der Waals surface area contributed by atoms with Crippen molar-refractivity contribution in [1.29, 1.82) is 0 Å². The summed E-state index contributed by atoms with van der Waals surface area (Å²) in [4.78, 5) is 49.1. The second-order valence-corrected chi connectivity index (χ2v) is 8.82. The van der Waals surface area contributed by atoms with Gasteiger partial charge < -0.3 is 29.1 Å². The van der Waals surface area contributed by atoms with Gasteiger partial charge >= 0.3 is 18.0 Å². The van der Waals surface area contributed by atoms with Gasteiger partial charge in [0.2, 0.25) is 5.76 Å². The number of rotatable bonds is 9. The zero-order valence-corrected chi connectivity index (χ0v) is 21.7. The lowest BCUT2D eigenvalue weighted by Gasteiger charge is -2.14. The first kappa shape index (κ1) is 26.5. The Bertz CT molecular complexity index is 1460. The van der Waals surface area contributed by atoms with Gasteiger partial charge in [-0.25, -0.2) is 14.4 Å². The van der Waals surface area contributed by atoms with Crippen molar-refractivity contribution < 1.29 is 42.9 Å². The van der Waals surface area contributed by atoms with Crippen molar-refractivity contribution in [2.45, 2.75) is 13.2 Å². The summed E-state index contributed by atoms with van der Waals surface area (Å²) in [5.41, 5.74) is 1.36. The fourth-order valence-corrected chi connectivity index (χ4v) is 4.20. The van der Waals surface area contributed by atoms with E-state index in [0.29, 0.717) is 27.1 Å². The third-order valence-corrected chi connectivity index (χ3v) is 6.03. The van der Waals surface area contributed by atoms with Crippen LogP contribution in [0.4, 0.5) is 4.79 Å². The average Bonchev–Trinajstić information content (AvgIpc) is 3.47. The van der Waals surface area contributed by atoms with E-state index in [9.17, 15) is 24.3 Å². The molecule has 1 fully saturated rings. The molecule has 3 aromatic rings. The largest absolute Gasteiger partial charge is 0.493 e. The first-order chi connectivity index (χ1) is 18.2. The summed E-state index contributed by atoms with van der Waals surface area (Å²) in [5.74, 6) is -1.38. The van der Waals surface area contributed by atoms with E-state index in [1.54, 1.807) is 24.3 Å². The van der Waals surface area contributed by atoms with Crippen molar-refractivity contribution in [1.82, 2.24) is 10.2 Å². The number of aromatic carboxylic acids is 1. The van der Waals surface area contributed by atoms with Gasteiger partial charge in [0, 0.05) is 0 Å². The zero-order chi connectivity index (χ0) is 27.4. The van der Waals surface area contributed by atoms with E-state index in [0.717, 1.165) is 4.90 Å². The molecule has 2 heterocycles. The van der Waals surface area contributed by atoms with Crippen LogP contribution in [0.3, 0.4) is 0 Å². The fourth-order valence-electron chi connectivity index (χ4n) is 3.62. The minimum Gasteiger partial charge on any atom is -0.493 e. The van der Waals surface area contributed by atoms with Crippen LogP contribution in [0, 0.1) is 0 Å². The molecule has 0 atom stereocenters. The molecule has 1 aliphatic rings. The SMILES string of the molecule is COC(=O)c1ccc(CN2C(=O)N/C(=C\c3cc(Br)c(OCc4cccc(C(=O)O)c4)c(OC)c3)C2=O)o1. The molecule has 0 unspecified atom stereocenters. The van der Waals surface area contributed by atoms with Gasteiger partial charge in [0.05, 0.1) is 30.8 Å². The van der Waals surface area contributed by atoms with E-state index < -0.39 is 23.9 Å². The molecule has 0 bridgehead atoms. The van der Waals surface area contributed by atoms with Crippen LogP contribution in [0.15, 0.2) is 63.1 Å². The predicted octanol–water partition coefficient (Wildman–Crippen LogP) is 4.21. The highest BCUT2D eigenvalue weighted by Gasteiger charge is 2.34. The smallest absolute Gasteiger partial charge is 0.373 e. The Morgan fingerprint density at radius 2 is 1.92 bits per heavy atom. The summed E-state index contributed by atoms with van der Waals surface area (Å²) in [6, 6.07) is 11.9. The van der Waals surface area contributed by atoms with Gasteiger partial charge in [0.25, 0.3) is 5.91 Å². The first-order valence-corrected chi connectivity index (χ1v) is 11.8. The number of amides is 3. The number of carboxylic acids is 1. The van der Waals surface area contributed by atoms with E-state index in [4.69, 9.17) is 13.9 Å². The zero-order valence-electron chi connectivity index (χ0n) is 20.1. The Morgan fingerprint density at radius 1 is 1.13 bits per heavy atom. The number of carboxylic acid groups (broad SMARTS) is 1. The van der Waals surface area contributed by atoms with Crippen LogP contribution in [0.1, 0.15) is 37.8 Å². The Hall–Kier alpha value is -4.58. The number of nitrogens with zero attached hydrogens (tertiary/aromatic N) is 1. The number of carbonyl (C=O) groups is 4. The number of benzene rings is 2. The molecule has 0 aliphatic carbocycles. The topological polar surface area (TPSA) is 145 Å². The summed E-state index contributed by atoms with van der Waals surface area (Å²) < 4.78 is 21.8. The minimum atomic E-state index is -1.04. The van der Waals surface area contributed by atoms with Gasteiger partial charge in [-0.3, -0.25) is 9.69 Å². The summed E-state index contributed by atoms with van der Waals surface area (Å²) in [7, 11) is 2.66. The van der Waals surface area contributed by atoms with Crippen LogP contribution in [-0.4, -0.2) is 48.1 Å². The van der Waals surface area contributed by atoms with E-state index in [2.05, 4.69) is 26.0 Å². The lowest BCUT2D eigenvalue weighted by Crippen LogP contribution is -2.30. The molecule has 0 spiro atoms. The number of ether oxygens (including phenoxy) is 3. The number of esters is 1. The van der Waals surface area contributed by atoms with Gasteiger partial charge in [-0.1, -0.05) is 12.1 Å². The number of imide groups is 1. The number of carbonyl (C=O) groups excluding carboxylic acids is 3. The molecule has 1 aromatic heterocycles. The highest BCUT2D eigenvalue weighted by Crippen LogP contribution is 2.38. The molecule has 1 saturated heterocycles. The third-order valence-electron chi connectivity index (χ3n) is 5.44. The van der Waals surface area contributed by atoms with Gasteiger partial charge in [0.15, 0.2) is 11.5 Å². The summed E-state index contributed by atoms with van der Waals surface area (Å²) in [5, 5.41) is 11.7. The van der Waals surface area contributed by atoms with E-state index in [1.807, 2.05) is 0 Å². The number of halogens is 1. The monoisotopic (exact) mass is 584 g/mol. The van der Waals surface area contributed by atoms with Crippen molar-refractivity contribution in [3.63, 3.8) is 0 Å². The standard InChI is InChI=1S/C26H21BrN2O9/c1-35-21-11-15(9-18(27)22(21)37-13-14-4-3-5-16(8-14)24(31)32)10-19-23(30)29(26(34)28-19)12-17-6-7-20(38-17)25(33)36-2/h3-11H,12-13H2,1-2H3,(H,28,34)(H,31,32)/b19-10-. The van der Waals surface area contributed by atoms with Gasteiger partial charge in [-0.05, 0) is 69.5 Å². The summed E-state index contributed by atoms with van der Waals surface area (Å²) in [6.07, 6.45) is 1.48. The van der Waals surface area contributed by atoms with Crippen LogP contribution in [0.25, 0.3) is 6.08 Å². The molecule has 38 heavy (non-hydrogen) atoms. The van der Waals surface area contributed by atoms with Crippen LogP contribution in [0.2, 0.25) is 0 Å². The highest BCUT2D eigenvalue weighted by atomic mass is 79.9. The molecule has 4 rings (SSSR count). The molecule has 2 aromatic carbocycles. The number of hydrogen-bond acceptors (Lipinski definition) is 8. The number of furan rings is 1. The molecule has 11 nitrogen and oxygen atoms in total. The predicted molar refractivity (Wildman–Crippen MR) is 136 cm³/mol. The van der Waals surface area contributed by atoms with E-state index >= 15 is 0 Å². The van der Waals surface area contributed by atoms with Crippen molar-refractivity contribution in [2.24, 2.45) is 0 Å². The minimum absolute atomic E-state index is 0.0304. The third kappa shape index (κ3) is 5.70. The van der Waals surface area contributed by atoms with E-state index in [1.165, 1.54) is 44.6 Å². The molecule has 3 amide bonds. The van der Waals surface area contributed by atoms with Crippen LogP contribution >= 0.6 is 15.9 Å². The molecular formula is C26H21BrN2O9. The maximum Gasteiger partial charge on any atom is 0.373 e. The van der Waals surface area contributed by atoms with Crippen molar-refractivity contribution in [3.8, 4) is 11.5 Å². The number of methoxy groups -OCH3 is 2. The average molecular weight is 585 g/mol. The van der Waals surface area contributed by atoms with Crippen LogP contribution < -0.4 is 14.8 Å². The molecule has 0 radical (unpaired) electrons. The molecule has 2 N–H and O–H groups in total. The Morgan fingerprint density at radius 3 is 2.63 bits per heavy atom. The lowest BCUT2D eigenvalue weighted by atomic mass is 10.1. The van der Waals surface area contributed by atoms with E-state index in [-0.39, 0.29) is 35.9 Å². The normalized spacial score (nSPS) is 14.0.